The number of nitrogens with zero attached hydrogens (tertiary/aromatic N) is 2. The number of hydrogen-bond donors (Lipinski definition) is 1. The van der Waals surface area contributed by atoms with Crippen molar-refractivity contribution >= 4 is 21.8 Å². The highest BCUT2D eigenvalue weighted by atomic mass is 32.2. The summed E-state index contributed by atoms with van der Waals surface area (Å²) in [5.74, 6) is -0.626. The molecule has 28 heavy (non-hydrogen) atoms. The molecular formula is C20H23N3O4S. The van der Waals surface area contributed by atoms with Gasteiger partial charge in [0, 0.05) is 39.7 Å². The van der Waals surface area contributed by atoms with Gasteiger partial charge in [-0.25, -0.2) is 12.7 Å². The molecule has 8 heteroatoms. The summed E-state index contributed by atoms with van der Waals surface area (Å²) in [6.07, 6.45) is 0.414. The van der Waals surface area contributed by atoms with Crippen LogP contribution in [0.3, 0.4) is 0 Å². The molecular weight excluding hydrogens is 378 g/mol. The van der Waals surface area contributed by atoms with Crippen LogP contribution in [0.15, 0.2) is 53.4 Å². The van der Waals surface area contributed by atoms with Gasteiger partial charge in [-0.05, 0) is 29.3 Å². The molecule has 1 aliphatic heterocycles. The number of likely N-dealkylation sites (N-methyl/N-ethyl adjacent to an activating group) is 1. The van der Waals surface area contributed by atoms with Gasteiger partial charge in [-0.1, -0.05) is 30.3 Å². The zero-order chi connectivity index (χ0) is 20.5. The van der Waals surface area contributed by atoms with Gasteiger partial charge >= 0.3 is 0 Å². The molecule has 1 N–H and O–H groups in total. The van der Waals surface area contributed by atoms with Crippen molar-refractivity contribution in [2.75, 3.05) is 21.1 Å². The standard InChI is InChI=1S/C20H23N3O4S/c1-21-19(24)18-12-14-7-4-5-8-16(14)13-23(18)20(25)15-9-6-10-17(11-15)28(26,27)22(2)3/h4-11,18H,12-13H2,1-3H3,(H,21,24). The summed E-state index contributed by atoms with van der Waals surface area (Å²) in [5, 5.41) is 2.62. The third-order valence-electron chi connectivity index (χ3n) is 4.92. The maximum Gasteiger partial charge on any atom is 0.254 e. The van der Waals surface area contributed by atoms with Crippen molar-refractivity contribution in [3.05, 3.63) is 65.2 Å². The second-order valence-corrected chi connectivity index (χ2v) is 9.00. The van der Waals surface area contributed by atoms with Crippen molar-refractivity contribution in [1.29, 1.82) is 0 Å². The topological polar surface area (TPSA) is 86.8 Å². The summed E-state index contributed by atoms with van der Waals surface area (Å²) < 4.78 is 25.9. The van der Waals surface area contributed by atoms with Crippen molar-refractivity contribution in [3.63, 3.8) is 0 Å². The van der Waals surface area contributed by atoms with E-state index < -0.39 is 16.1 Å². The Balaban J connectivity index is 1.99. The first-order chi connectivity index (χ1) is 13.3. The number of carbonyl (C=O) groups is 2. The third-order valence-corrected chi connectivity index (χ3v) is 6.73. The molecule has 1 heterocycles. The summed E-state index contributed by atoms with van der Waals surface area (Å²) in [5.41, 5.74) is 2.24. The van der Waals surface area contributed by atoms with Gasteiger partial charge in [0.05, 0.1) is 4.90 Å². The van der Waals surface area contributed by atoms with Crippen LogP contribution in [0.1, 0.15) is 21.5 Å². The molecule has 1 aliphatic rings. The lowest BCUT2D eigenvalue weighted by atomic mass is 9.93. The molecule has 0 saturated carbocycles. The average molecular weight is 401 g/mol. The normalized spacial score (nSPS) is 16.6. The van der Waals surface area contributed by atoms with Gasteiger partial charge in [-0.2, -0.15) is 0 Å². The fraction of sp³-hybridized carbons (Fsp3) is 0.300. The number of sulfonamides is 1. The van der Waals surface area contributed by atoms with Crippen LogP contribution in [0, 0.1) is 0 Å². The number of hydrogen-bond acceptors (Lipinski definition) is 4. The molecule has 7 nitrogen and oxygen atoms in total. The van der Waals surface area contributed by atoms with Crippen LogP contribution in [0.2, 0.25) is 0 Å². The summed E-state index contributed by atoms with van der Waals surface area (Å²) in [6.45, 7) is 0.289. The number of fused-ring (bicyclic) bond motifs is 1. The van der Waals surface area contributed by atoms with E-state index in [4.69, 9.17) is 0 Å². The number of amides is 2. The molecule has 148 valence electrons. The minimum absolute atomic E-state index is 0.0391. The first kappa shape index (κ1) is 20.0. The molecule has 0 fully saturated rings. The van der Waals surface area contributed by atoms with Crippen molar-refractivity contribution < 1.29 is 18.0 Å². The van der Waals surface area contributed by atoms with Crippen LogP contribution in [0.5, 0.6) is 0 Å². The van der Waals surface area contributed by atoms with E-state index in [1.165, 1.54) is 44.2 Å². The molecule has 1 atom stereocenters. The van der Waals surface area contributed by atoms with E-state index in [1.54, 1.807) is 6.07 Å². The molecule has 2 amide bonds. The maximum absolute atomic E-state index is 13.2. The van der Waals surface area contributed by atoms with Crippen LogP contribution in [-0.4, -0.2) is 56.6 Å². The molecule has 1 unspecified atom stereocenters. The highest BCUT2D eigenvalue weighted by Gasteiger charge is 2.34. The highest BCUT2D eigenvalue weighted by Crippen LogP contribution is 2.26. The predicted molar refractivity (Wildman–Crippen MR) is 105 cm³/mol. The van der Waals surface area contributed by atoms with E-state index in [1.807, 2.05) is 24.3 Å². The first-order valence-corrected chi connectivity index (χ1v) is 10.3. The minimum atomic E-state index is -3.66. The SMILES string of the molecule is CNC(=O)C1Cc2ccccc2CN1C(=O)c1cccc(S(=O)(=O)N(C)C)c1. The van der Waals surface area contributed by atoms with Crippen LogP contribution < -0.4 is 5.32 Å². The van der Waals surface area contributed by atoms with E-state index in [-0.39, 0.29) is 28.8 Å². The van der Waals surface area contributed by atoms with Crippen molar-refractivity contribution in [2.45, 2.75) is 23.9 Å². The van der Waals surface area contributed by atoms with Gasteiger partial charge in [-0.15, -0.1) is 0 Å². The number of nitrogens with one attached hydrogen (secondary N) is 1. The molecule has 0 saturated heterocycles. The summed E-state index contributed by atoms with van der Waals surface area (Å²) in [7, 11) is 0.749. The van der Waals surface area contributed by atoms with Crippen LogP contribution in [0.25, 0.3) is 0 Å². The van der Waals surface area contributed by atoms with E-state index in [0.717, 1.165) is 15.4 Å². The second kappa shape index (κ2) is 7.73. The molecule has 2 aromatic carbocycles. The quantitative estimate of drug-likeness (QED) is 0.835. The summed E-state index contributed by atoms with van der Waals surface area (Å²) in [4.78, 5) is 27.2. The molecule has 0 aromatic heterocycles. The minimum Gasteiger partial charge on any atom is -0.357 e. The van der Waals surface area contributed by atoms with Crippen molar-refractivity contribution in [1.82, 2.24) is 14.5 Å². The van der Waals surface area contributed by atoms with Crippen LogP contribution >= 0.6 is 0 Å². The number of rotatable bonds is 4. The highest BCUT2D eigenvalue weighted by molar-refractivity contribution is 7.89. The van der Waals surface area contributed by atoms with Crippen molar-refractivity contribution in [3.8, 4) is 0 Å². The Labute approximate surface area is 165 Å². The predicted octanol–water partition coefficient (Wildman–Crippen LogP) is 1.25. The smallest absolute Gasteiger partial charge is 0.254 e. The Bertz CT molecular complexity index is 1020. The number of carbonyl (C=O) groups excluding carboxylic acids is 2. The Morgan fingerprint density at radius 2 is 1.75 bits per heavy atom. The Kier molecular flexibility index (Phi) is 5.53. The summed E-state index contributed by atoms with van der Waals surface area (Å²) in [6, 6.07) is 13.0. The molecule has 3 rings (SSSR count). The van der Waals surface area contributed by atoms with Gasteiger partial charge in [0.25, 0.3) is 5.91 Å². The molecule has 0 aliphatic carbocycles. The van der Waals surface area contributed by atoms with E-state index >= 15 is 0 Å². The molecule has 0 spiro atoms. The number of benzene rings is 2. The monoisotopic (exact) mass is 401 g/mol. The second-order valence-electron chi connectivity index (χ2n) is 6.85. The molecule has 2 aromatic rings. The lowest BCUT2D eigenvalue weighted by Gasteiger charge is -2.36. The summed E-state index contributed by atoms with van der Waals surface area (Å²) >= 11 is 0. The lowest BCUT2D eigenvalue weighted by molar-refractivity contribution is -0.125. The first-order valence-electron chi connectivity index (χ1n) is 8.87. The van der Waals surface area contributed by atoms with Gasteiger partial charge < -0.3 is 10.2 Å². The Morgan fingerprint density at radius 1 is 1.07 bits per heavy atom. The van der Waals surface area contributed by atoms with Crippen LogP contribution in [-0.2, 0) is 27.8 Å². The van der Waals surface area contributed by atoms with Gasteiger partial charge in [0.2, 0.25) is 15.9 Å². The van der Waals surface area contributed by atoms with Crippen molar-refractivity contribution in [2.24, 2.45) is 0 Å². The lowest BCUT2D eigenvalue weighted by Crippen LogP contribution is -2.51. The zero-order valence-corrected chi connectivity index (χ0v) is 16.9. The van der Waals surface area contributed by atoms with E-state index in [0.29, 0.717) is 6.42 Å². The van der Waals surface area contributed by atoms with Gasteiger partial charge in [0.15, 0.2) is 0 Å². The maximum atomic E-state index is 13.2. The largest absolute Gasteiger partial charge is 0.357 e. The Morgan fingerprint density at radius 3 is 2.39 bits per heavy atom. The fourth-order valence-electron chi connectivity index (χ4n) is 3.30. The fourth-order valence-corrected chi connectivity index (χ4v) is 4.25. The van der Waals surface area contributed by atoms with E-state index in [9.17, 15) is 18.0 Å². The van der Waals surface area contributed by atoms with Gasteiger partial charge in [-0.3, -0.25) is 9.59 Å². The average Bonchev–Trinajstić information content (AvgIpc) is 2.71. The van der Waals surface area contributed by atoms with E-state index in [2.05, 4.69) is 5.32 Å². The Hall–Kier alpha value is -2.71. The third kappa shape index (κ3) is 3.65. The van der Waals surface area contributed by atoms with Gasteiger partial charge in [0.1, 0.15) is 6.04 Å². The molecule has 0 radical (unpaired) electrons. The molecule has 0 bridgehead atoms. The zero-order valence-electron chi connectivity index (χ0n) is 16.0. The van der Waals surface area contributed by atoms with Crippen LogP contribution in [0.4, 0.5) is 0 Å².